The van der Waals surface area contributed by atoms with E-state index in [1.807, 2.05) is 31.5 Å². The number of aromatic amines is 1. The highest BCUT2D eigenvalue weighted by molar-refractivity contribution is 5.53. The van der Waals surface area contributed by atoms with Crippen molar-refractivity contribution in [3.8, 4) is 0 Å². The van der Waals surface area contributed by atoms with Crippen LogP contribution in [0.15, 0.2) is 30.5 Å². The minimum absolute atomic E-state index is 0.201. The molecule has 0 amide bonds. The SMILES string of the molecule is CNc1nc2c([nH]1)CN(Cc1ccc(F)cc1)C=C2. The van der Waals surface area contributed by atoms with Crippen LogP contribution in [0.1, 0.15) is 17.0 Å². The molecule has 0 spiro atoms. The first-order valence-corrected chi connectivity index (χ1v) is 6.18. The van der Waals surface area contributed by atoms with Gasteiger partial charge in [0.1, 0.15) is 5.82 Å². The Morgan fingerprint density at radius 3 is 2.89 bits per heavy atom. The molecule has 1 aromatic heterocycles. The summed E-state index contributed by atoms with van der Waals surface area (Å²) in [6, 6.07) is 6.60. The molecule has 0 radical (unpaired) electrons. The topological polar surface area (TPSA) is 44.0 Å². The number of nitrogens with zero attached hydrogens (tertiary/aromatic N) is 2. The van der Waals surface area contributed by atoms with Gasteiger partial charge in [-0.3, -0.25) is 0 Å². The van der Waals surface area contributed by atoms with E-state index in [0.29, 0.717) is 0 Å². The van der Waals surface area contributed by atoms with Gasteiger partial charge in [-0.1, -0.05) is 12.1 Å². The second-order valence-electron chi connectivity index (χ2n) is 4.55. The Balaban J connectivity index is 1.73. The summed E-state index contributed by atoms with van der Waals surface area (Å²) in [7, 11) is 1.84. The molecule has 0 fully saturated rings. The molecule has 98 valence electrons. The zero-order chi connectivity index (χ0) is 13.2. The van der Waals surface area contributed by atoms with E-state index in [1.54, 1.807) is 0 Å². The summed E-state index contributed by atoms with van der Waals surface area (Å²) in [6.07, 6.45) is 4.01. The highest BCUT2D eigenvalue weighted by Crippen LogP contribution is 2.20. The second-order valence-corrected chi connectivity index (χ2v) is 4.55. The van der Waals surface area contributed by atoms with Crippen LogP contribution < -0.4 is 5.32 Å². The van der Waals surface area contributed by atoms with Gasteiger partial charge in [0.15, 0.2) is 0 Å². The Labute approximate surface area is 111 Å². The van der Waals surface area contributed by atoms with Crippen LogP contribution in [0, 0.1) is 5.82 Å². The van der Waals surface area contributed by atoms with E-state index in [1.165, 1.54) is 12.1 Å². The highest BCUT2D eigenvalue weighted by Gasteiger charge is 2.14. The summed E-state index contributed by atoms with van der Waals surface area (Å²) in [6.45, 7) is 1.53. The lowest BCUT2D eigenvalue weighted by atomic mass is 10.2. The molecule has 2 N–H and O–H groups in total. The third-order valence-electron chi connectivity index (χ3n) is 3.15. The first kappa shape index (κ1) is 11.8. The quantitative estimate of drug-likeness (QED) is 0.889. The van der Waals surface area contributed by atoms with Crippen molar-refractivity contribution < 1.29 is 4.39 Å². The predicted molar refractivity (Wildman–Crippen MR) is 72.8 cm³/mol. The van der Waals surface area contributed by atoms with Crippen molar-refractivity contribution in [1.82, 2.24) is 14.9 Å². The number of anilines is 1. The number of fused-ring (bicyclic) bond motifs is 1. The summed E-state index contributed by atoms with van der Waals surface area (Å²) in [5.41, 5.74) is 3.15. The Kier molecular flexibility index (Phi) is 2.95. The van der Waals surface area contributed by atoms with E-state index in [9.17, 15) is 4.39 Å². The van der Waals surface area contributed by atoms with E-state index >= 15 is 0 Å². The molecule has 1 aliphatic heterocycles. The fourth-order valence-electron chi connectivity index (χ4n) is 2.16. The van der Waals surface area contributed by atoms with Crippen LogP contribution in [-0.4, -0.2) is 21.9 Å². The molecule has 1 aromatic carbocycles. The minimum Gasteiger partial charge on any atom is -0.367 e. The Hall–Kier alpha value is -2.30. The van der Waals surface area contributed by atoms with Crippen molar-refractivity contribution in [1.29, 1.82) is 0 Å². The number of nitrogens with one attached hydrogen (secondary N) is 2. The molecule has 2 heterocycles. The molecule has 4 nitrogen and oxygen atoms in total. The lowest BCUT2D eigenvalue weighted by molar-refractivity contribution is 0.355. The van der Waals surface area contributed by atoms with Gasteiger partial charge in [-0.15, -0.1) is 0 Å². The molecule has 0 unspecified atom stereocenters. The van der Waals surface area contributed by atoms with Crippen LogP contribution in [0.5, 0.6) is 0 Å². The van der Waals surface area contributed by atoms with Crippen LogP contribution in [0.2, 0.25) is 0 Å². The summed E-state index contributed by atoms with van der Waals surface area (Å²) < 4.78 is 12.9. The Bertz CT molecular complexity index is 600. The van der Waals surface area contributed by atoms with E-state index in [2.05, 4.69) is 20.2 Å². The number of benzene rings is 1. The number of rotatable bonds is 3. The monoisotopic (exact) mass is 258 g/mol. The maximum absolute atomic E-state index is 12.9. The normalized spacial score (nSPS) is 13.5. The Morgan fingerprint density at radius 1 is 1.37 bits per heavy atom. The molecule has 0 atom stereocenters. The third-order valence-corrected chi connectivity index (χ3v) is 3.15. The number of hydrogen-bond donors (Lipinski definition) is 2. The van der Waals surface area contributed by atoms with Gasteiger partial charge in [0.05, 0.1) is 17.9 Å². The zero-order valence-electron chi connectivity index (χ0n) is 10.7. The average Bonchev–Trinajstić information content (AvgIpc) is 2.83. The van der Waals surface area contributed by atoms with Gasteiger partial charge >= 0.3 is 0 Å². The molecule has 3 rings (SSSR count). The van der Waals surface area contributed by atoms with Crippen LogP contribution in [0.25, 0.3) is 6.08 Å². The summed E-state index contributed by atoms with van der Waals surface area (Å²) in [5, 5.41) is 2.99. The third kappa shape index (κ3) is 2.45. The molecular formula is C14H15FN4. The highest BCUT2D eigenvalue weighted by atomic mass is 19.1. The first-order chi connectivity index (χ1) is 9.24. The van der Waals surface area contributed by atoms with E-state index in [-0.39, 0.29) is 5.82 Å². The number of aromatic nitrogens is 2. The maximum atomic E-state index is 12.9. The van der Waals surface area contributed by atoms with Crippen LogP contribution in [0.3, 0.4) is 0 Å². The van der Waals surface area contributed by atoms with E-state index in [0.717, 1.165) is 36.0 Å². The van der Waals surface area contributed by atoms with Gasteiger partial charge in [0.25, 0.3) is 0 Å². The zero-order valence-corrected chi connectivity index (χ0v) is 10.7. The maximum Gasteiger partial charge on any atom is 0.200 e. The van der Waals surface area contributed by atoms with Gasteiger partial charge in [-0.2, -0.15) is 0 Å². The van der Waals surface area contributed by atoms with Crippen LogP contribution >= 0.6 is 0 Å². The number of imidazole rings is 1. The fourth-order valence-corrected chi connectivity index (χ4v) is 2.16. The number of hydrogen-bond acceptors (Lipinski definition) is 3. The molecule has 0 saturated heterocycles. The van der Waals surface area contributed by atoms with Gasteiger partial charge in [0, 0.05) is 19.8 Å². The summed E-state index contributed by atoms with van der Waals surface area (Å²) in [4.78, 5) is 9.79. The van der Waals surface area contributed by atoms with Crippen LogP contribution in [-0.2, 0) is 13.1 Å². The molecule has 0 bridgehead atoms. The lowest BCUT2D eigenvalue weighted by Gasteiger charge is -2.22. The Morgan fingerprint density at radius 2 is 2.16 bits per heavy atom. The molecule has 0 aliphatic carbocycles. The average molecular weight is 258 g/mol. The molecule has 2 aromatic rings. The van der Waals surface area contributed by atoms with Crippen molar-refractivity contribution in [3.05, 3.63) is 53.2 Å². The molecule has 19 heavy (non-hydrogen) atoms. The summed E-state index contributed by atoms with van der Waals surface area (Å²) in [5.74, 6) is 0.575. The van der Waals surface area contributed by atoms with Crippen molar-refractivity contribution >= 4 is 12.0 Å². The molecule has 0 saturated carbocycles. The number of H-pyrrole nitrogens is 1. The largest absolute Gasteiger partial charge is 0.367 e. The predicted octanol–water partition coefficient (Wildman–Crippen LogP) is 2.58. The van der Waals surface area contributed by atoms with Gasteiger partial charge < -0.3 is 15.2 Å². The van der Waals surface area contributed by atoms with Crippen molar-refractivity contribution in [2.45, 2.75) is 13.1 Å². The number of halogens is 1. The molecule has 5 heteroatoms. The van der Waals surface area contributed by atoms with Crippen molar-refractivity contribution in [2.75, 3.05) is 12.4 Å². The van der Waals surface area contributed by atoms with Crippen molar-refractivity contribution in [3.63, 3.8) is 0 Å². The first-order valence-electron chi connectivity index (χ1n) is 6.18. The van der Waals surface area contributed by atoms with Gasteiger partial charge in [0.2, 0.25) is 5.95 Å². The smallest absolute Gasteiger partial charge is 0.200 e. The van der Waals surface area contributed by atoms with Crippen LogP contribution in [0.4, 0.5) is 10.3 Å². The van der Waals surface area contributed by atoms with E-state index < -0.39 is 0 Å². The van der Waals surface area contributed by atoms with E-state index in [4.69, 9.17) is 0 Å². The standard InChI is InChI=1S/C14H15FN4/c1-16-14-17-12-6-7-19(9-13(12)18-14)8-10-2-4-11(15)5-3-10/h2-7H,8-9H2,1H3,(H2,16,17,18). The van der Waals surface area contributed by atoms with Gasteiger partial charge in [-0.25, -0.2) is 9.37 Å². The van der Waals surface area contributed by atoms with Gasteiger partial charge in [-0.05, 0) is 23.8 Å². The fraction of sp³-hybridized carbons (Fsp3) is 0.214. The molecule has 1 aliphatic rings. The lowest BCUT2D eigenvalue weighted by Crippen LogP contribution is -2.19. The second kappa shape index (κ2) is 4.76. The minimum atomic E-state index is -0.201. The van der Waals surface area contributed by atoms with Crippen molar-refractivity contribution in [2.24, 2.45) is 0 Å². The molecular weight excluding hydrogens is 243 g/mol. The summed E-state index contributed by atoms with van der Waals surface area (Å²) >= 11 is 0.